The molecule has 0 radical (unpaired) electrons. The second kappa shape index (κ2) is 5.50. The van der Waals surface area contributed by atoms with Crippen LogP contribution in [0.15, 0.2) is 30.5 Å². The average Bonchev–Trinajstić information content (AvgIpc) is 2.74. The molecule has 1 aromatic heterocycles. The second-order valence-electron chi connectivity index (χ2n) is 4.14. The SMILES string of the molecule is Cc1cccc(Cc2[nH]ncc2NCCN)c1. The Balaban J connectivity index is 2.10. The molecule has 4 N–H and O–H groups in total. The first-order valence-electron chi connectivity index (χ1n) is 5.81. The molecule has 17 heavy (non-hydrogen) atoms. The minimum Gasteiger partial charge on any atom is -0.381 e. The molecule has 0 spiro atoms. The third kappa shape index (κ3) is 3.07. The number of hydrogen-bond donors (Lipinski definition) is 3. The number of aromatic amines is 1. The van der Waals surface area contributed by atoms with Crippen LogP contribution in [0.25, 0.3) is 0 Å². The zero-order valence-corrected chi connectivity index (χ0v) is 10.0. The van der Waals surface area contributed by atoms with Crippen molar-refractivity contribution >= 4 is 5.69 Å². The Labute approximate surface area is 101 Å². The van der Waals surface area contributed by atoms with Gasteiger partial charge in [0.2, 0.25) is 0 Å². The van der Waals surface area contributed by atoms with Crippen LogP contribution in [0.3, 0.4) is 0 Å². The van der Waals surface area contributed by atoms with Crippen LogP contribution < -0.4 is 11.1 Å². The Morgan fingerprint density at radius 1 is 1.41 bits per heavy atom. The van der Waals surface area contributed by atoms with E-state index in [1.807, 2.05) is 0 Å². The topological polar surface area (TPSA) is 66.7 Å². The Kier molecular flexibility index (Phi) is 3.77. The molecule has 2 rings (SSSR count). The lowest BCUT2D eigenvalue weighted by Gasteiger charge is -2.06. The van der Waals surface area contributed by atoms with Crippen molar-refractivity contribution in [1.29, 1.82) is 0 Å². The molecular weight excluding hydrogens is 212 g/mol. The maximum Gasteiger partial charge on any atom is 0.0760 e. The highest BCUT2D eigenvalue weighted by Crippen LogP contribution is 2.16. The molecule has 0 saturated heterocycles. The maximum atomic E-state index is 5.47. The molecule has 0 saturated carbocycles. The van der Waals surface area contributed by atoms with E-state index < -0.39 is 0 Å². The van der Waals surface area contributed by atoms with Gasteiger partial charge in [0.25, 0.3) is 0 Å². The molecule has 0 bridgehead atoms. The fourth-order valence-corrected chi connectivity index (χ4v) is 1.83. The number of nitrogens with zero attached hydrogens (tertiary/aromatic N) is 1. The zero-order chi connectivity index (χ0) is 12.1. The summed E-state index contributed by atoms with van der Waals surface area (Å²) in [6.45, 7) is 3.49. The second-order valence-corrected chi connectivity index (χ2v) is 4.14. The highest BCUT2D eigenvalue weighted by atomic mass is 15.1. The first kappa shape index (κ1) is 11.7. The van der Waals surface area contributed by atoms with E-state index in [0.29, 0.717) is 6.54 Å². The van der Waals surface area contributed by atoms with E-state index in [-0.39, 0.29) is 0 Å². The molecule has 0 amide bonds. The van der Waals surface area contributed by atoms with Gasteiger partial charge in [0, 0.05) is 19.5 Å². The highest BCUT2D eigenvalue weighted by Gasteiger charge is 2.05. The van der Waals surface area contributed by atoms with Crippen molar-refractivity contribution in [3.8, 4) is 0 Å². The van der Waals surface area contributed by atoms with E-state index in [0.717, 1.165) is 24.3 Å². The summed E-state index contributed by atoms with van der Waals surface area (Å²) in [4.78, 5) is 0. The van der Waals surface area contributed by atoms with Crippen LogP contribution in [0.4, 0.5) is 5.69 Å². The highest BCUT2D eigenvalue weighted by molar-refractivity contribution is 5.48. The number of anilines is 1. The predicted molar refractivity (Wildman–Crippen MR) is 70.1 cm³/mol. The lowest BCUT2D eigenvalue weighted by atomic mass is 10.1. The Morgan fingerprint density at radius 2 is 2.29 bits per heavy atom. The molecule has 4 nitrogen and oxygen atoms in total. The Hall–Kier alpha value is -1.81. The molecule has 2 aromatic rings. The van der Waals surface area contributed by atoms with Crippen molar-refractivity contribution in [2.75, 3.05) is 18.4 Å². The normalized spacial score (nSPS) is 10.5. The number of H-pyrrole nitrogens is 1. The van der Waals surface area contributed by atoms with Crippen molar-refractivity contribution in [2.45, 2.75) is 13.3 Å². The van der Waals surface area contributed by atoms with E-state index in [1.165, 1.54) is 11.1 Å². The lowest BCUT2D eigenvalue weighted by molar-refractivity contribution is 0.986. The smallest absolute Gasteiger partial charge is 0.0760 e. The van der Waals surface area contributed by atoms with Crippen LogP contribution in [-0.2, 0) is 6.42 Å². The number of nitrogens with two attached hydrogens (primary N) is 1. The van der Waals surface area contributed by atoms with Gasteiger partial charge in [-0.2, -0.15) is 5.10 Å². The van der Waals surface area contributed by atoms with E-state index in [1.54, 1.807) is 6.20 Å². The fraction of sp³-hybridized carbons (Fsp3) is 0.308. The summed E-state index contributed by atoms with van der Waals surface area (Å²) < 4.78 is 0. The molecule has 0 atom stereocenters. The van der Waals surface area contributed by atoms with Crippen molar-refractivity contribution < 1.29 is 0 Å². The summed E-state index contributed by atoms with van der Waals surface area (Å²) in [5.74, 6) is 0. The fourth-order valence-electron chi connectivity index (χ4n) is 1.83. The number of aromatic nitrogens is 2. The minimum absolute atomic E-state index is 0.620. The van der Waals surface area contributed by atoms with E-state index in [9.17, 15) is 0 Å². The third-order valence-electron chi connectivity index (χ3n) is 2.64. The van der Waals surface area contributed by atoms with Gasteiger partial charge in [-0.15, -0.1) is 0 Å². The van der Waals surface area contributed by atoms with Gasteiger partial charge in [-0.05, 0) is 12.5 Å². The van der Waals surface area contributed by atoms with E-state index in [2.05, 4.69) is 46.7 Å². The number of nitrogens with one attached hydrogen (secondary N) is 2. The molecule has 0 aliphatic carbocycles. The summed E-state index contributed by atoms with van der Waals surface area (Å²) >= 11 is 0. The van der Waals surface area contributed by atoms with Gasteiger partial charge in [-0.3, -0.25) is 5.10 Å². The Morgan fingerprint density at radius 3 is 3.06 bits per heavy atom. The van der Waals surface area contributed by atoms with Gasteiger partial charge in [0.1, 0.15) is 0 Å². The summed E-state index contributed by atoms with van der Waals surface area (Å²) in [5, 5.41) is 10.4. The van der Waals surface area contributed by atoms with Gasteiger partial charge in [0.05, 0.1) is 17.6 Å². The van der Waals surface area contributed by atoms with Gasteiger partial charge in [0.15, 0.2) is 0 Å². The number of hydrogen-bond acceptors (Lipinski definition) is 3. The van der Waals surface area contributed by atoms with Crippen molar-refractivity contribution in [3.63, 3.8) is 0 Å². The van der Waals surface area contributed by atoms with Crippen molar-refractivity contribution in [3.05, 3.63) is 47.3 Å². The van der Waals surface area contributed by atoms with E-state index in [4.69, 9.17) is 5.73 Å². The maximum absolute atomic E-state index is 5.47. The predicted octanol–water partition coefficient (Wildman–Crippen LogP) is 1.68. The van der Waals surface area contributed by atoms with Crippen LogP contribution in [-0.4, -0.2) is 23.3 Å². The number of benzene rings is 1. The quantitative estimate of drug-likeness (QED) is 0.732. The number of aryl methyl sites for hydroxylation is 1. The minimum atomic E-state index is 0.620. The molecule has 0 aliphatic heterocycles. The van der Waals surface area contributed by atoms with Crippen LogP contribution in [0.2, 0.25) is 0 Å². The average molecular weight is 230 g/mol. The van der Waals surface area contributed by atoms with Gasteiger partial charge < -0.3 is 11.1 Å². The first-order valence-corrected chi connectivity index (χ1v) is 5.81. The molecule has 1 aromatic carbocycles. The van der Waals surface area contributed by atoms with Gasteiger partial charge in [-0.25, -0.2) is 0 Å². The molecule has 1 heterocycles. The van der Waals surface area contributed by atoms with E-state index >= 15 is 0 Å². The van der Waals surface area contributed by atoms with Crippen LogP contribution in [0.1, 0.15) is 16.8 Å². The molecule has 0 unspecified atom stereocenters. The van der Waals surface area contributed by atoms with Crippen molar-refractivity contribution in [1.82, 2.24) is 10.2 Å². The van der Waals surface area contributed by atoms with Crippen LogP contribution in [0, 0.1) is 6.92 Å². The molecule has 90 valence electrons. The summed E-state index contributed by atoms with van der Waals surface area (Å²) in [6.07, 6.45) is 2.66. The van der Waals surface area contributed by atoms with Gasteiger partial charge in [-0.1, -0.05) is 29.8 Å². The standard InChI is InChI=1S/C13H18N4/c1-10-3-2-4-11(7-10)8-12-13(9-16-17-12)15-6-5-14/h2-4,7,9,15H,5-6,8,14H2,1H3,(H,16,17). The summed E-state index contributed by atoms with van der Waals surface area (Å²) in [7, 11) is 0. The number of rotatable bonds is 5. The largest absolute Gasteiger partial charge is 0.381 e. The summed E-state index contributed by atoms with van der Waals surface area (Å²) in [6, 6.07) is 8.49. The molecule has 4 heteroatoms. The first-order chi connectivity index (χ1) is 8.29. The van der Waals surface area contributed by atoms with Crippen LogP contribution >= 0.6 is 0 Å². The monoisotopic (exact) mass is 230 g/mol. The van der Waals surface area contributed by atoms with Crippen LogP contribution in [0.5, 0.6) is 0 Å². The van der Waals surface area contributed by atoms with Crippen molar-refractivity contribution in [2.24, 2.45) is 5.73 Å². The zero-order valence-electron chi connectivity index (χ0n) is 10.0. The molecule has 0 aliphatic rings. The third-order valence-corrected chi connectivity index (χ3v) is 2.64. The lowest BCUT2D eigenvalue weighted by Crippen LogP contribution is -2.13. The molecule has 0 fully saturated rings. The van der Waals surface area contributed by atoms with Gasteiger partial charge >= 0.3 is 0 Å². The Bertz CT molecular complexity index is 476. The summed E-state index contributed by atoms with van der Waals surface area (Å²) in [5.41, 5.74) is 10.2. The molecular formula is C13H18N4.